The zero-order chi connectivity index (χ0) is 10.7. The zero-order valence-electron chi connectivity index (χ0n) is 8.40. The van der Waals surface area contributed by atoms with E-state index in [1.54, 1.807) is 12.4 Å². The molecule has 2 rings (SSSR count). The molecule has 1 aliphatic heterocycles. The number of hydrogen-bond acceptors (Lipinski definition) is 4. The van der Waals surface area contributed by atoms with Crippen molar-refractivity contribution in [1.82, 2.24) is 4.98 Å². The second-order valence-corrected chi connectivity index (χ2v) is 3.91. The van der Waals surface area contributed by atoms with Crippen LogP contribution >= 0.6 is 11.6 Å². The topological polar surface area (TPSA) is 51.4 Å². The number of nitrogens with zero attached hydrogens (tertiary/aromatic N) is 2. The van der Waals surface area contributed by atoms with E-state index in [1.807, 2.05) is 6.07 Å². The summed E-state index contributed by atoms with van der Waals surface area (Å²) in [6.45, 7) is 2.88. The van der Waals surface area contributed by atoms with Crippen LogP contribution in [0.4, 0.5) is 5.69 Å². The van der Waals surface area contributed by atoms with Gasteiger partial charge in [-0.05, 0) is 6.07 Å². The second kappa shape index (κ2) is 4.79. The van der Waals surface area contributed by atoms with Gasteiger partial charge in [0.2, 0.25) is 0 Å². The van der Waals surface area contributed by atoms with Gasteiger partial charge in [0, 0.05) is 32.0 Å². The molecule has 1 fully saturated rings. The molecule has 82 valence electrons. The third kappa shape index (κ3) is 2.40. The molecular weight excluding hydrogens is 214 g/mol. The molecule has 0 radical (unpaired) electrons. The van der Waals surface area contributed by atoms with Crippen LogP contribution in [0.1, 0.15) is 0 Å². The Morgan fingerprint density at radius 2 is 2.53 bits per heavy atom. The van der Waals surface area contributed by atoms with Crippen molar-refractivity contribution in [3.63, 3.8) is 0 Å². The fourth-order valence-electron chi connectivity index (χ4n) is 1.71. The molecule has 2 N–H and O–H groups in total. The van der Waals surface area contributed by atoms with E-state index in [0.29, 0.717) is 18.2 Å². The first kappa shape index (κ1) is 10.7. The molecule has 0 aliphatic carbocycles. The molecule has 1 saturated heterocycles. The normalized spacial score (nSPS) is 21.7. The number of anilines is 1. The number of nitrogens with two attached hydrogens (primary N) is 1. The zero-order valence-corrected chi connectivity index (χ0v) is 9.15. The van der Waals surface area contributed by atoms with Gasteiger partial charge in [-0.1, -0.05) is 11.6 Å². The fraction of sp³-hybridized carbons (Fsp3) is 0.500. The van der Waals surface area contributed by atoms with Gasteiger partial charge in [-0.2, -0.15) is 0 Å². The van der Waals surface area contributed by atoms with Crippen molar-refractivity contribution in [2.24, 2.45) is 5.73 Å². The van der Waals surface area contributed by atoms with E-state index < -0.39 is 0 Å². The van der Waals surface area contributed by atoms with Crippen molar-refractivity contribution in [3.05, 3.63) is 23.5 Å². The molecule has 0 saturated carbocycles. The molecule has 1 atom stereocenters. The van der Waals surface area contributed by atoms with Crippen LogP contribution in [0.15, 0.2) is 18.5 Å². The highest BCUT2D eigenvalue weighted by Crippen LogP contribution is 2.25. The van der Waals surface area contributed by atoms with Crippen molar-refractivity contribution in [2.45, 2.75) is 6.10 Å². The lowest BCUT2D eigenvalue weighted by Crippen LogP contribution is -2.45. The van der Waals surface area contributed by atoms with Gasteiger partial charge >= 0.3 is 0 Å². The highest BCUT2D eigenvalue weighted by molar-refractivity contribution is 6.33. The molecule has 1 aromatic heterocycles. The number of morpholine rings is 1. The number of rotatable bonds is 2. The number of aromatic nitrogens is 1. The van der Waals surface area contributed by atoms with Gasteiger partial charge in [-0.3, -0.25) is 4.98 Å². The molecule has 0 bridgehead atoms. The van der Waals surface area contributed by atoms with Gasteiger partial charge in [-0.25, -0.2) is 0 Å². The van der Waals surface area contributed by atoms with Crippen LogP contribution in [0.2, 0.25) is 5.02 Å². The van der Waals surface area contributed by atoms with E-state index in [1.165, 1.54) is 0 Å². The minimum Gasteiger partial charge on any atom is -0.373 e. The van der Waals surface area contributed by atoms with Crippen molar-refractivity contribution < 1.29 is 4.74 Å². The summed E-state index contributed by atoms with van der Waals surface area (Å²) < 4.78 is 5.49. The lowest BCUT2D eigenvalue weighted by molar-refractivity contribution is 0.0466. The predicted octanol–water partition coefficient (Wildman–Crippen LogP) is 0.899. The van der Waals surface area contributed by atoms with Crippen molar-refractivity contribution in [1.29, 1.82) is 0 Å². The first-order chi connectivity index (χ1) is 7.31. The Hall–Kier alpha value is -0.840. The van der Waals surface area contributed by atoms with E-state index >= 15 is 0 Å². The smallest absolute Gasteiger partial charge is 0.0872 e. The Morgan fingerprint density at radius 3 is 3.27 bits per heavy atom. The van der Waals surface area contributed by atoms with Crippen LogP contribution in [0.5, 0.6) is 0 Å². The largest absolute Gasteiger partial charge is 0.373 e. The molecule has 0 aromatic carbocycles. The Bertz CT molecular complexity index is 334. The minimum atomic E-state index is 0.1000. The van der Waals surface area contributed by atoms with Crippen LogP contribution in [0.3, 0.4) is 0 Å². The lowest BCUT2D eigenvalue weighted by atomic mass is 10.2. The van der Waals surface area contributed by atoms with E-state index in [-0.39, 0.29) is 6.10 Å². The summed E-state index contributed by atoms with van der Waals surface area (Å²) in [5, 5.41) is 0.676. The fourth-order valence-corrected chi connectivity index (χ4v) is 1.94. The second-order valence-electron chi connectivity index (χ2n) is 3.50. The lowest BCUT2D eigenvalue weighted by Gasteiger charge is -2.34. The third-order valence-electron chi connectivity index (χ3n) is 2.49. The molecule has 4 nitrogen and oxygen atoms in total. The van der Waals surface area contributed by atoms with E-state index in [2.05, 4.69) is 9.88 Å². The van der Waals surface area contributed by atoms with E-state index in [4.69, 9.17) is 22.1 Å². The summed E-state index contributed by atoms with van der Waals surface area (Å²) in [5.41, 5.74) is 6.59. The molecule has 1 unspecified atom stereocenters. The summed E-state index contributed by atoms with van der Waals surface area (Å²) in [6.07, 6.45) is 3.50. The quantitative estimate of drug-likeness (QED) is 0.816. The molecule has 2 heterocycles. The first-order valence-corrected chi connectivity index (χ1v) is 5.35. The SMILES string of the molecule is NCC1CN(c2ccncc2Cl)CCO1. The highest BCUT2D eigenvalue weighted by Gasteiger charge is 2.20. The molecule has 15 heavy (non-hydrogen) atoms. The summed E-state index contributed by atoms with van der Waals surface area (Å²) in [4.78, 5) is 6.15. The third-order valence-corrected chi connectivity index (χ3v) is 2.78. The maximum atomic E-state index is 6.07. The van der Waals surface area contributed by atoms with Crippen LogP contribution < -0.4 is 10.6 Å². The highest BCUT2D eigenvalue weighted by atomic mass is 35.5. The predicted molar refractivity (Wildman–Crippen MR) is 60.3 cm³/mol. The Kier molecular flexibility index (Phi) is 3.41. The van der Waals surface area contributed by atoms with E-state index in [0.717, 1.165) is 18.8 Å². The van der Waals surface area contributed by atoms with Crippen molar-refractivity contribution in [3.8, 4) is 0 Å². The number of hydrogen-bond donors (Lipinski definition) is 1. The van der Waals surface area contributed by atoms with E-state index in [9.17, 15) is 0 Å². The summed E-state index contributed by atoms with van der Waals surface area (Å²) in [5.74, 6) is 0. The summed E-state index contributed by atoms with van der Waals surface area (Å²) >= 11 is 6.07. The monoisotopic (exact) mass is 227 g/mol. The number of halogens is 1. The summed E-state index contributed by atoms with van der Waals surface area (Å²) in [7, 11) is 0. The van der Waals surface area contributed by atoms with Gasteiger partial charge in [0.05, 0.1) is 23.4 Å². The Balaban J connectivity index is 2.13. The van der Waals surface area contributed by atoms with Crippen molar-refractivity contribution in [2.75, 3.05) is 31.1 Å². The van der Waals surface area contributed by atoms with Gasteiger partial charge < -0.3 is 15.4 Å². The van der Waals surface area contributed by atoms with Gasteiger partial charge in [0.1, 0.15) is 0 Å². The Morgan fingerprint density at radius 1 is 1.67 bits per heavy atom. The summed E-state index contributed by atoms with van der Waals surface area (Å²) in [6, 6.07) is 1.92. The van der Waals surface area contributed by atoms with Crippen LogP contribution in [-0.4, -0.2) is 37.3 Å². The first-order valence-electron chi connectivity index (χ1n) is 4.97. The molecule has 5 heteroatoms. The molecular formula is C10H14ClN3O. The standard InChI is InChI=1S/C10H14ClN3O/c11-9-6-13-2-1-10(9)14-3-4-15-8(5-12)7-14/h1-2,6,8H,3-5,7,12H2. The molecule has 0 amide bonds. The van der Waals surface area contributed by atoms with Crippen LogP contribution in [0.25, 0.3) is 0 Å². The molecule has 1 aromatic rings. The van der Waals surface area contributed by atoms with Gasteiger partial charge in [-0.15, -0.1) is 0 Å². The van der Waals surface area contributed by atoms with Gasteiger partial charge in [0.25, 0.3) is 0 Å². The average molecular weight is 228 g/mol. The minimum absolute atomic E-state index is 0.1000. The Labute approximate surface area is 94.0 Å². The van der Waals surface area contributed by atoms with Crippen LogP contribution in [-0.2, 0) is 4.74 Å². The number of pyridine rings is 1. The maximum Gasteiger partial charge on any atom is 0.0872 e. The average Bonchev–Trinajstić information content (AvgIpc) is 2.30. The molecule has 1 aliphatic rings. The van der Waals surface area contributed by atoms with Crippen LogP contribution in [0, 0.1) is 0 Å². The van der Waals surface area contributed by atoms with Crippen molar-refractivity contribution >= 4 is 17.3 Å². The maximum absolute atomic E-state index is 6.07. The number of ether oxygens (including phenoxy) is 1. The van der Waals surface area contributed by atoms with Gasteiger partial charge in [0.15, 0.2) is 0 Å². The molecule has 0 spiro atoms.